The predicted molar refractivity (Wildman–Crippen MR) is 100 cm³/mol. The van der Waals surface area contributed by atoms with Crippen molar-refractivity contribution < 1.29 is 13.2 Å². The second kappa shape index (κ2) is 7.04. The minimum Gasteiger partial charge on any atom is -0.495 e. The molecule has 0 spiro atoms. The van der Waals surface area contributed by atoms with E-state index in [1.54, 1.807) is 16.8 Å². The van der Waals surface area contributed by atoms with Crippen molar-refractivity contribution in [3.05, 3.63) is 52.5 Å². The molecule has 1 aromatic carbocycles. The van der Waals surface area contributed by atoms with Crippen molar-refractivity contribution in [2.75, 3.05) is 11.8 Å². The summed E-state index contributed by atoms with van der Waals surface area (Å²) < 4.78 is 35.4. The molecule has 0 radical (unpaired) electrons. The Labute approximate surface area is 159 Å². The highest BCUT2D eigenvalue weighted by Gasteiger charge is 2.21. The van der Waals surface area contributed by atoms with Crippen LogP contribution in [0.15, 0.2) is 46.0 Å². The Morgan fingerprint density at radius 1 is 1.15 bits per heavy atom. The van der Waals surface area contributed by atoms with Gasteiger partial charge in [-0.2, -0.15) is 5.10 Å². The van der Waals surface area contributed by atoms with Crippen molar-refractivity contribution in [1.29, 1.82) is 0 Å². The lowest BCUT2D eigenvalue weighted by molar-refractivity contribution is 0.403. The smallest absolute Gasteiger partial charge is 0.266 e. The first kappa shape index (κ1) is 18.3. The molecule has 0 aliphatic carbocycles. The molecular formula is C16H16BrN5O3S. The molecule has 0 aliphatic rings. The maximum atomic E-state index is 12.8. The fraction of sp³-hybridized carbons (Fsp3) is 0.188. The molecule has 0 amide bonds. The minimum atomic E-state index is -3.91. The number of rotatable bonds is 5. The zero-order valence-electron chi connectivity index (χ0n) is 14.3. The van der Waals surface area contributed by atoms with Gasteiger partial charge in [0.2, 0.25) is 0 Å². The highest BCUT2D eigenvalue weighted by Crippen LogP contribution is 2.28. The van der Waals surface area contributed by atoms with Gasteiger partial charge in [-0.05, 0) is 38.1 Å². The Balaban J connectivity index is 1.98. The molecule has 0 unspecified atom stereocenters. The minimum absolute atomic E-state index is 0.000603. The standard InChI is InChI=1S/C16H16BrN5O3S/c1-10-6-11(2)22(20-10)16-8-15(18-9-19-16)21-26(23,24)14-7-12(17)4-5-13(14)25-3/h4-9H,1-3H3,(H,18,19,21). The maximum Gasteiger partial charge on any atom is 0.266 e. The summed E-state index contributed by atoms with van der Waals surface area (Å²) in [6.45, 7) is 3.76. The number of nitrogens with one attached hydrogen (secondary N) is 1. The third-order valence-corrected chi connectivity index (χ3v) is 5.40. The van der Waals surface area contributed by atoms with Crippen molar-refractivity contribution in [1.82, 2.24) is 19.7 Å². The number of nitrogens with zero attached hydrogens (tertiary/aromatic N) is 4. The summed E-state index contributed by atoms with van der Waals surface area (Å²) in [5, 5.41) is 4.34. The van der Waals surface area contributed by atoms with Crippen LogP contribution in [-0.2, 0) is 10.0 Å². The van der Waals surface area contributed by atoms with E-state index in [4.69, 9.17) is 4.74 Å². The van der Waals surface area contributed by atoms with Crippen molar-refractivity contribution in [2.45, 2.75) is 18.7 Å². The van der Waals surface area contributed by atoms with E-state index in [0.29, 0.717) is 10.3 Å². The van der Waals surface area contributed by atoms with Gasteiger partial charge in [0.05, 0.1) is 12.8 Å². The largest absolute Gasteiger partial charge is 0.495 e. The Bertz CT molecular complexity index is 1070. The van der Waals surface area contributed by atoms with E-state index in [1.807, 2.05) is 19.9 Å². The van der Waals surface area contributed by atoms with Crippen molar-refractivity contribution in [2.24, 2.45) is 0 Å². The summed E-state index contributed by atoms with van der Waals surface area (Å²) in [6, 6.07) is 8.15. The van der Waals surface area contributed by atoms with E-state index in [9.17, 15) is 8.42 Å². The number of aromatic nitrogens is 4. The first-order chi connectivity index (χ1) is 12.3. The van der Waals surface area contributed by atoms with Crippen LogP contribution in [-0.4, -0.2) is 35.3 Å². The lowest BCUT2D eigenvalue weighted by Gasteiger charge is -2.12. The van der Waals surface area contributed by atoms with E-state index in [2.05, 4.69) is 35.7 Å². The van der Waals surface area contributed by atoms with Crippen LogP contribution in [0.2, 0.25) is 0 Å². The van der Waals surface area contributed by atoms with Crippen LogP contribution in [0.3, 0.4) is 0 Å². The number of halogens is 1. The molecule has 136 valence electrons. The van der Waals surface area contributed by atoms with Gasteiger partial charge < -0.3 is 4.74 Å². The van der Waals surface area contributed by atoms with Crippen molar-refractivity contribution >= 4 is 31.8 Å². The monoisotopic (exact) mass is 437 g/mol. The number of sulfonamides is 1. The Kier molecular flexibility index (Phi) is 4.97. The van der Waals surface area contributed by atoms with Crippen LogP contribution in [0.1, 0.15) is 11.4 Å². The van der Waals surface area contributed by atoms with Crippen molar-refractivity contribution in [3.63, 3.8) is 0 Å². The van der Waals surface area contributed by atoms with Crippen LogP contribution in [0.25, 0.3) is 5.82 Å². The zero-order chi connectivity index (χ0) is 18.9. The summed E-state index contributed by atoms with van der Waals surface area (Å²) in [5.74, 6) is 0.822. The molecule has 10 heteroatoms. The quantitative estimate of drug-likeness (QED) is 0.658. The Morgan fingerprint density at radius 3 is 2.58 bits per heavy atom. The molecule has 0 saturated heterocycles. The second-order valence-corrected chi connectivity index (χ2v) is 8.07. The first-order valence-electron chi connectivity index (χ1n) is 7.52. The summed E-state index contributed by atoms with van der Waals surface area (Å²) in [4.78, 5) is 8.15. The van der Waals surface area contributed by atoms with Gasteiger partial charge in [0.15, 0.2) is 5.82 Å². The third-order valence-electron chi connectivity index (χ3n) is 3.53. The molecule has 3 rings (SSSR count). The van der Waals surface area contributed by atoms with Crippen molar-refractivity contribution in [3.8, 4) is 11.6 Å². The molecule has 0 bridgehead atoms. The van der Waals surface area contributed by atoms with Gasteiger partial charge in [-0.25, -0.2) is 23.1 Å². The van der Waals surface area contributed by atoms with E-state index >= 15 is 0 Å². The zero-order valence-corrected chi connectivity index (χ0v) is 16.7. The number of benzene rings is 1. The third kappa shape index (κ3) is 3.70. The van der Waals surface area contributed by atoms with Gasteiger partial charge in [-0.1, -0.05) is 15.9 Å². The molecule has 0 fully saturated rings. The molecule has 3 aromatic rings. The van der Waals surface area contributed by atoms with Gasteiger partial charge in [0, 0.05) is 16.2 Å². The average Bonchev–Trinajstić information content (AvgIpc) is 2.93. The fourth-order valence-electron chi connectivity index (χ4n) is 2.43. The van der Waals surface area contributed by atoms with Crippen LogP contribution < -0.4 is 9.46 Å². The highest BCUT2D eigenvalue weighted by molar-refractivity contribution is 9.10. The maximum absolute atomic E-state index is 12.8. The lowest BCUT2D eigenvalue weighted by Crippen LogP contribution is -2.16. The van der Waals surface area contributed by atoms with Gasteiger partial charge in [0.1, 0.15) is 22.8 Å². The van der Waals surface area contributed by atoms with Gasteiger partial charge in [0.25, 0.3) is 10.0 Å². The molecule has 26 heavy (non-hydrogen) atoms. The summed E-state index contributed by atoms with van der Waals surface area (Å²) in [7, 11) is -2.50. The van der Waals surface area contributed by atoms with E-state index in [0.717, 1.165) is 11.4 Å². The van der Waals surface area contributed by atoms with E-state index in [-0.39, 0.29) is 16.5 Å². The number of hydrogen-bond acceptors (Lipinski definition) is 6. The molecule has 1 N–H and O–H groups in total. The van der Waals surface area contributed by atoms with Crippen LogP contribution in [0.5, 0.6) is 5.75 Å². The normalized spacial score (nSPS) is 11.4. The molecule has 0 aliphatic heterocycles. The van der Waals surface area contributed by atoms with E-state index in [1.165, 1.54) is 25.6 Å². The molecule has 0 atom stereocenters. The average molecular weight is 438 g/mol. The van der Waals surface area contributed by atoms with E-state index < -0.39 is 10.0 Å². The van der Waals surface area contributed by atoms with Gasteiger partial charge in [-0.15, -0.1) is 0 Å². The van der Waals surface area contributed by atoms with Gasteiger partial charge >= 0.3 is 0 Å². The topological polar surface area (TPSA) is 99.0 Å². The van der Waals surface area contributed by atoms with Crippen LogP contribution >= 0.6 is 15.9 Å². The molecule has 2 heterocycles. The Hall–Kier alpha value is -2.46. The second-order valence-electron chi connectivity index (χ2n) is 5.50. The Morgan fingerprint density at radius 2 is 1.92 bits per heavy atom. The lowest BCUT2D eigenvalue weighted by atomic mass is 10.3. The number of aryl methyl sites for hydroxylation is 2. The summed E-state index contributed by atoms with van der Waals surface area (Å²) >= 11 is 3.27. The first-order valence-corrected chi connectivity index (χ1v) is 9.80. The summed E-state index contributed by atoms with van der Waals surface area (Å²) in [6.07, 6.45) is 1.28. The molecule has 2 aromatic heterocycles. The predicted octanol–water partition coefficient (Wildman–Crippen LogP) is 2.85. The van der Waals surface area contributed by atoms with Gasteiger partial charge in [-0.3, -0.25) is 4.72 Å². The number of ether oxygens (including phenoxy) is 1. The molecular weight excluding hydrogens is 422 g/mol. The summed E-state index contributed by atoms with van der Waals surface area (Å²) in [5.41, 5.74) is 1.71. The highest BCUT2D eigenvalue weighted by atomic mass is 79.9. The number of methoxy groups -OCH3 is 1. The SMILES string of the molecule is COc1ccc(Br)cc1S(=O)(=O)Nc1cc(-n2nc(C)cc2C)ncn1. The molecule has 0 saturated carbocycles. The molecule has 8 nitrogen and oxygen atoms in total. The fourth-order valence-corrected chi connectivity index (χ4v) is 4.14. The number of hydrogen-bond donors (Lipinski definition) is 1. The van der Waals surface area contributed by atoms with Crippen LogP contribution in [0.4, 0.5) is 5.82 Å². The van der Waals surface area contributed by atoms with Crippen LogP contribution in [0, 0.1) is 13.8 Å². The number of anilines is 1.